The molecule has 1 amide bonds. The summed E-state index contributed by atoms with van der Waals surface area (Å²) < 4.78 is 1.93. The number of carbonyl (C=O) groups excluding carboxylic acids is 1. The third-order valence-electron chi connectivity index (χ3n) is 5.26. The van der Waals surface area contributed by atoms with Crippen molar-refractivity contribution in [3.8, 4) is 6.07 Å². The largest absolute Gasteiger partial charge is 0.355 e. The van der Waals surface area contributed by atoms with Gasteiger partial charge >= 0.3 is 0 Å². The van der Waals surface area contributed by atoms with Crippen LogP contribution in [0, 0.1) is 11.3 Å². The maximum Gasteiger partial charge on any atom is 0.272 e. The lowest BCUT2D eigenvalue weighted by molar-refractivity contribution is 0.0925. The molecule has 0 unspecified atom stereocenters. The van der Waals surface area contributed by atoms with Crippen molar-refractivity contribution in [2.24, 2.45) is 0 Å². The van der Waals surface area contributed by atoms with Gasteiger partial charge in [0.2, 0.25) is 0 Å². The number of nitriles is 1. The molecule has 140 valence electrons. The first-order valence-electron chi connectivity index (χ1n) is 9.30. The second-order valence-electron chi connectivity index (χ2n) is 7.20. The van der Waals surface area contributed by atoms with E-state index in [1.807, 2.05) is 10.7 Å². The summed E-state index contributed by atoms with van der Waals surface area (Å²) in [5.74, 6) is 0.629. The molecule has 1 saturated heterocycles. The van der Waals surface area contributed by atoms with E-state index in [0.29, 0.717) is 11.3 Å². The molecular weight excluding hydrogens is 342 g/mol. The van der Waals surface area contributed by atoms with Crippen molar-refractivity contribution in [2.75, 3.05) is 31.6 Å². The Kier molecular flexibility index (Phi) is 4.77. The summed E-state index contributed by atoms with van der Waals surface area (Å²) >= 11 is 0. The molecule has 2 aromatic rings. The normalized spacial score (nSPS) is 18.0. The molecule has 1 fully saturated rings. The Labute approximate surface area is 158 Å². The van der Waals surface area contributed by atoms with Crippen molar-refractivity contribution >= 4 is 11.7 Å². The van der Waals surface area contributed by atoms with Gasteiger partial charge in [0.25, 0.3) is 5.91 Å². The molecule has 8 heteroatoms. The number of pyridine rings is 1. The number of rotatable bonds is 3. The fourth-order valence-electron chi connectivity index (χ4n) is 3.74. The van der Waals surface area contributed by atoms with E-state index in [4.69, 9.17) is 0 Å². The fraction of sp³-hybridized carbons (Fsp3) is 0.474. The van der Waals surface area contributed by atoms with Crippen LogP contribution in [0.4, 0.5) is 5.82 Å². The molecule has 8 nitrogen and oxygen atoms in total. The van der Waals surface area contributed by atoms with Crippen LogP contribution in [0.25, 0.3) is 0 Å². The lowest BCUT2D eigenvalue weighted by atomic mass is 10.0. The summed E-state index contributed by atoms with van der Waals surface area (Å²) in [5, 5.41) is 16.8. The predicted molar refractivity (Wildman–Crippen MR) is 100 cm³/mol. The number of piperidine rings is 1. The van der Waals surface area contributed by atoms with Crippen molar-refractivity contribution in [3.05, 3.63) is 41.3 Å². The summed E-state index contributed by atoms with van der Waals surface area (Å²) in [4.78, 5) is 21.3. The lowest BCUT2D eigenvalue weighted by Crippen LogP contribution is -2.45. The predicted octanol–water partition coefficient (Wildman–Crippen LogP) is 0.994. The fourth-order valence-corrected chi connectivity index (χ4v) is 3.74. The highest BCUT2D eigenvalue weighted by atomic mass is 16.2. The van der Waals surface area contributed by atoms with Gasteiger partial charge in [0.05, 0.1) is 17.8 Å². The lowest BCUT2D eigenvalue weighted by Gasteiger charge is -2.33. The smallest absolute Gasteiger partial charge is 0.272 e. The zero-order valence-electron chi connectivity index (χ0n) is 15.4. The second-order valence-corrected chi connectivity index (χ2v) is 7.20. The summed E-state index contributed by atoms with van der Waals surface area (Å²) in [7, 11) is 2.07. The maximum absolute atomic E-state index is 12.6. The third kappa shape index (κ3) is 3.64. The number of amides is 1. The van der Waals surface area contributed by atoms with Gasteiger partial charge in [-0.15, -0.1) is 0 Å². The van der Waals surface area contributed by atoms with E-state index >= 15 is 0 Å². The van der Waals surface area contributed by atoms with Crippen LogP contribution in [0.3, 0.4) is 0 Å². The number of anilines is 1. The molecule has 1 N–H and O–H groups in total. The molecule has 0 saturated carbocycles. The maximum atomic E-state index is 12.6. The zero-order valence-corrected chi connectivity index (χ0v) is 15.4. The average Bonchev–Trinajstić information content (AvgIpc) is 3.12. The summed E-state index contributed by atoms with van der Waals surface area (Å²) in [6.45, 7) is 4.13. The van der Waals surface area contributed by atoms with Crippen molar-refractivity contribution in [2.45, 2.75) is 32.0 Å². The Hall–Kier alpha value is -2.92. The molecule has 0 atom stereocenters. The van der Waals surface area contributed by atoms with E-state index in [-0.39, 0.29) is 11.9 Å². The minimum atomic E-state index is -0.103. The number of aromatic nitrogens is 3. The Morgan fingerprint density at radius 2 is 2.11 bits per heavy atom. The number of nitrogens with one attached hydrogen (secondary N) is 1. The van der Waals surface area contributed by atoms with Gasteiger partial charge in [-0.05, 0) is 38.1 Å². The summed E-state index contributed by atoms with van der Waals surface area (Å²) in [5.41, 5.74) is 2.18. The molecule has 2 aliphatic rings. The molecule has 0 aromatic carbocycles. The van der Waals surface area contributed by atoms with Gasteiger partial charge in [0.15, 0.2) is 5.69 Å². The van der Waals surface area contributed by atoms with Gasteiger partial charge < -0.3 is 10.2 Å². The standard InChI is InChI=1S/C19H23N7O/c1-24-9-10-26-16(13-24)11-17(23-26)19(27)22-15-4-7-25(8-5-15)18-14(12-20)3-2-6-21-18/h2-3,6,11,15H,4-5,7-10,13H2,1H3,(H,22,27). The van der Waals surface area contributed by atoms with E-state index in [0.717, 1.165) is 57.1 Å². The second kappa shape index (κ2) is 7.37. The molecule has 4 heterocycles. The Bertz CT molecular complexity index is 876. The topological polar surface area (TPSA) is 90.1 Å². The molecule has 0 aliphatic carbocycles. The van der Waals surface area contributed by atoms with Crippen LogP contribution in [0.5, 0.6) is 0 Å². The molecule has 0 radical (unpaired) electrons. The number of hydrogen-bond acceptors (Lipinski definition) is 6. The highest BCUT2D eigenvalue weighted by molar-refractivity contribution is 5.92. The Balaban J connectivity index is 1.35. The van der Waals surface area contributed by atoms with E-state index in [2.05, 4.69) is 38.3 Å². The summed E-state index contributed by atoms with van der Waals surface area (Å²) in [6, 6.07) is 7.77. The van der Waals surface area contributed by atoms with Crippen LogP contribution in [0.2, 0.25) is 0 Å². The van der Waals surface area contributed by atoms with Crippen LogP contribution in [0.1, 0.15) is 34.6 Å². The molecule has 2 aliphatic heterocycles. The highest BCUT2D eigenvalue weighted by Gasteiger charge is 2.25. The van der Waals surface area contributed by atoms with Crippen molar-refractivity contribution in [1.82, 2.24) is 25.0 Å². The van der Waals surface area contributed by atoms with Crippen molar-refractivity contribution in [3.63, 3.8) is 0 Å². The SMILES string of the molecule is CN1CCn2nc(C(=O)NC3CCN(c4ncccc4C#N)CC3)cc2C1. The minimum absolute atomic E-state index is 0.103. The molecule has 2 aromatic heterocycles. The Morgan fingerprint density at radius 1 is 1.30 bits per heavy atom. The number of likely N-dealkylation sites (N-methyl/N-ethyl adjacent to an activating group) is 1. The number of fused-ring (bicyclic) bond motifs is 1. The van der Waals surface area contributed by atoms with Crippen LogP contribution in [-0.2, 0) is 13.1 Å². The first kappa shape index (κ1) is 17.5. The van der Waals surface area contributed by atoms with E-state index in [1.54, 1.807) is 18.3 Å². The molecular formula is C19H23N7O. The van der Waals surface area contributed by atoms with Gasteiger partial charge in [-0.2, -0.15) is 10.4 Å². The first-order chi connectivity index (χ1) is 13.1. The molecule has 27 heavy (non-hydrogen) atoms. The molecule has 4 rings (SSSR count). The van der Waals surface area contributed by atoms with E-state index in [1.165, 1.54) is 0 Å². The van der Waals surface area contributed by atoms with Gasteiger partial charge in [-0.1, -0.05) is 0 Å². The van der Waals surface area contributed by atoms with Crippen molar-refractivity contribution in [1.29, 1.82) is 5.26 Å². The van der Waals surface area contributed by atoms with Gasteiger partial charge in [-0.25, -0.2) is 4.98 Å². The number of nitrogens with zero attached hydrogens (tertiary/aromatic N) is 6. The zero-order chi connectivity index (χ0) is 18.8. The molecule has 0 bridgehead atoms. The average molecular weight is 365 g/mol. The number of hydrogen-bond donors (Lipinski definition) is 1. The van der Waals surface area contributed by atoms with Crippen molar-refractivity contribution < 1.29 is 4.79 Å². The van der Waals surface area contributed by atoms with Crippen LogP contribution < -0.4 is 10.2 Å². The summed E-state index contributed by atoms with van der Waals surface area (Å²) in [6.07, 6.45) is 3.36. The minimum Gasteiger partial charge on any atom is -0.355 e. The van der Waals surface area contributed by atoms with E-state index in [9.17, 15) is 10.1 Å². The third-order valence-corrected chi connectivity index (χ3v) is 5.26. The van der Waals surface area contributed by atoms with Gasteiger partial charge in [0.1, 0.15) is 11.9 Å². The van der Waals surface area contributed by atoms with Crippen LogP contribution in [-0.4, -0.2) is 58.3 Å². The number of carbonyl (C=O) groups is 1. The van der Waals surface area contributed by atoms with Crippen LogP contribution >= 0.6 is 0 Å². The van der Waals surface area contributed by atoms with E-state index < -0.39 is 0 Å². The monoisotopic (exact) mass is 365 g/mol. The Morgan fingerprint density at radius 3 is 2.89 bits per heavy atom. The highest BCUT2D eigenvalue weighted by Crippen LogP contribution is 2.21. The molecule has 0 spiro atoms. The van der Waals surface area contributed by atoms with Crippen LogP contribution in [0.15, 0.2) is 24.4 Å². The first-order valence-corrected chi connectivity index (χ1v) is 9.30. The van der Waals surface area contributed by atoms with Gasteiger partial charge in [0, 0.05) is 38.4 Å². The van der Waals surface area contributed by atoms with Gasteiger partial charge in [-0.3, -0.25) is 14.4 Å². The quantitative estimate of drug-likeness (QED) is 0.873.